The zero-order chi connectivity index (χ0) is 16.4. The fourth-order valence-electron chi connectivity index (χ4n) is 2.35. The second-order valence-corrected chi connectivity index (χ2v) is 4.75. The van der Waals surface area contributed by atoms with Crippen LogP contribution in [0.25, 0.3) is 22.3 Å². The average Bonchev–Trinajstić information content (AvgIpc) is 2.99. The lowest BCUT2D eigenvalue weighted by atomic mass is 10.0. The van der Waals surface area contributed by atoms with Gasteiger partial charge in [0.1, 0.15) is 12.0 Å². The number of carbonyl (C=O) groups is 2. The van der Waals surface area contributed by atoms with Crippen molar-refractivity contribution in [3.63, 3.8) is 0 Å². The second kappa shape index (κ2) is 5.88. The molecule has 0 aliphatic heterocycles. The van der Waals surface area contributed by atoms with Crippen molar-refractivity contribution in [1.29, 1.82) is 0 Å². The van der Waals surface area contributed by atoms with Gasteiger partial charge in [-0.3, -0.25) is 0 Å². The van der Waals surface area contributed by atoms with Crippen LogP contribution >= 0.6 is 0 Å². The lowest BCUT2D eigenvalue weighted by molar-refractivity contribution is 0.0528. The van der Waals surface area contributed by atoms with Crippen LogP contribution in [0.2, 0.25) is 0 Å². The lowest BCUT2D eigenvalue weighted by Crippen LogP contribution is -2.04. The van der Waals surface area contributed by atoms with Gasteiger partial charge in [-0.1, -0.05) is 12.1 Å². The first-order chi connectivity index (χ1) is 11.1. The molecule has 0 saturated heterocycles. The van der Waals surface area contributed by atoms with Crippen molar-refractivity contribution in [3.8, 4) is 11.3 Å². The van der Waals surface area contributed by atoms with E-state index < -0.39 is 11.9 Å². The number of carboxylic acid groups (broad SMARTS) is 1. The van der Waals surface area contributed by atoms with E-state index in [9.17, 15) is 9.59 Å². The van der Waals surface area contributed by atoms with Gasteiger partial charge in [-0.25, -0.2) is 19.6 Å². The van der Waals surface area contributed by atoms with Crippen molar-refractivity contribution in [1.82, 2.24) is 15.0 Å². The molecule has 0 saturated carbocycles. The Morgan fingerprint density at radius 2 is 2.13 bits per heavy atom. The highest BCUT2D eigenvalue weighted by Gasteiger charge is 2.19. The Hall–Kier alpha value is -3.22. The lowest BCUT2D eigenvalue weighted by Gasteiger charge is -2.06. The summed E-state index contributed by atoms with van der Waals surface area (Å²) in [6.45, 7) is 1.98. The normalized spacial score (nSPS) is 10.7. The van der Waals surface area contributed by atoms with Gasteiger partial charge < -0.3 is 14.8 Å². The summed E-state index contributed by atoms with van der Waals surface area (Å²) in [7, 11) is 0. The number of benzene rings is 1. The van der Waals surface area contributed by atoms with E-state index in [0.717, 1.165) is 0 Å². The maximum atomic E-state index is 12.1. The quantitative estimate of drug-likeness (QED) is 0.717. The van der Waals surface area contributed by atoms with Gasteiger partial charge in [0, 0.05) is 11.8 Å². The maximum absolute atomic E-state index is 12.1. The first-order valence-corrected chi connectivity index (χ1v) is 6.94. The summed E-state index contributed by atoms with van der Waals surface area (Å²) in [6, 6.07) is 6.36. The Labute approximate surface area is 131 Å². The summed E-state index contributed by atoms with van der Waals surface area (Å²) in [6.07, 6.45) is 2.87. The molecule has 0 fully saturated rings. The first-order valence-electron chi connectivity index (χ1n) is 6.94. The standard InChI is InChI=1S/C16H13N3O4/c1-2-23-16(22)11-7-17-14-12(11)13(18-8-19-14)9-4-3-5-10(6-9)15(20)21/h3-8H,2H2,1H3,(H,20,21)(H,17,18,19). The van der Waals surface area contributed by atoms with E-state index >= 15 is 0 Å². The number of hydrogen-bond donors (Lipinski definition) is 2. The Morgan fingerprint density at radius 3 is 2.87 bits per heavy atom. The number of aromatic carboxylic acids is 1. The minimum Gasteiger partial charge on any atom is -0.478 e. The number of aromatic amines is 1. The number of ether oxygens (including phenoxy) is 1. The average molecular weight is 311 g/mol. The van der Waals surface area contributed by atoms with Crippen LogP contribution in [0, 0.1) is 0 Å². The predicted octanol–water partition coefficient (Wildman–Crippen LogP) is 2.50. The first kappa shape index (κ1) is 14.7. The molecular weight excluding hydrogens is 298 g/mol. The molecule has 0 aliphatic carbocycles. The molecule has 0 amide bonds. The van der Waals surface area contributed by atoms with Crippen LogP contribution in [-0.4, -0.2) is 38.6 Å². The molecule has 7 nitrogen and oxygen atoms in total. The number of rotatable bonds is 4. The van der Waals surface area contributed by atoms with Gasteiger partial charge in [0.15, 0.2) is 0 Å². The Morgan fingerprint density at radius 1 is 1.30 bits per heavy atom. The molecule has 3 aromatic rings. The zero-order valence-corrected chi connectivity index (χ0v) is 12.2. The minimum atomic E-state index is -1.03. The van der Waals surface area contributed by atoms with Gasteiger partial charge in [0.25, 0.3) is 0 Å². The summed E-state index contributed by atoms with van der Waals surface area (Å²) >= 11 is 0. The van der Waals surface area contributed by atoms with Gasteiger partial charge in [-0.2, -0.15) is 0 Å². The summed E-state index contributed by atoms with van der Waals surface area (Å²) in [5.74, 6) is -1.51. The van der Waals surface area contributed by atoms with Gasteiger partial charge in [-0.15, -0.1) is 0 Å². The molecule has 0 radical (unpaired) electrons. The van der Waals surface area contributed by atoms with Crippen molar-refractivity contribution in [2.24, 2.45) is 0 Å². The molecule has 0 aliphatic rings. The van der Waals surface area contributed by atoms with Crippen molar-refractivity contribution in [2.45, 2.75) is 6.92 Å². The van der Waals surface area contributed by atoms with Crippen molar-refractivity contribution < 1.29 is 19.4 Å². The highest BCUT2D eigenvalue weighted by atomic mass is 16.5. The summed E-state index contributed by atoms with van der Waals surface area (Å²) in [5, 5.41) is 9.64. The van der Waals surface area contributed by atoms with Crippen molar-refractivity contribution in [2.75, 3.05) is 6.61 Å². The predicted molar refractivity (Wildman–Crippen MR) is 82.2 cm³/mol. The molecule has 2 heterocycles. The Kier molecular flexibility index (Phi) is 3.76. The van der Waals surface area contributed by atoms with Crippen molar-refractivity contribution >= 4 is 23.0 Å². The van der Waals surface area contributed by atoms with Crippen LogP contribution in [0.5, 0.6) is 0 Å². The fourth-order valence-corrected chi connectivity index (χ4v) is 2.35. The largest absolute Gasteiger partial charge is 0.478 e. The number of H-pyrrole nitrogens is 1. The number of esters is 1. The van der Waals surface area contributed by atoms with Gasteiger partial charge in [0.2, 0.25) is 0 Å². The highest BCUT2D eigenvalue weighted by Crippen LogP contribution is 2.29. The number of carbonyl (C=O) groups excluding carboxylic acids is 1. The van der Waals surface area contributed by atoms with Crippen LogP contribution in [-0.2, 0) is 4.74 Å². The number of nitrogens with zero attached hydrogens (tertiary/aromatic N) is 2. The molecule has 116 valence electrons. The third-order valence-corrected chi connectivity index (χ3v) is 3.35. The molecule has 2 aromatic heterocycles. The number of hydrogen-bond acceptors (Lipinski definition) is 5. The second-order valence-electron chi connectivity index (χ2n) is 4.75. The fraction of sp³-hybridized carbons (Fsp3) is 0.125. The molecule has 0 atom stereocenters. The SMILES string of the molecule is CCOC(=O)c1c[nH]c2ncnc(-c3cccc(C(=O)O)c3)c12. The van der Waals surface area contributed by atoms with Crippen LogP contribution in [0.15, 0.2) is 36.8 Å². The molecular formula is C16H13N3O4. The van der Waals surface area contributed by atoms with E-state index in [1.165, 1.54) is 24.7 Å². The number of fused-ring (bicyclic) bond motifs is 1. The minimum absolute atomic E-state index is 0.141. The molecule has 23 heavy (non-hydrogen) atoms. The maximum Gasteiger partial charge on any atom is 0.340 e. The van der Waals surface area contributed by atoms with E-state index in [4.69, 9.17) is 9.84 Å². The summed E-state index contributed by atoms with van der Waals surface area (Å²) in [4.78, 5) is 34.5. The monoisotopic (exact) mass is 311 g/mol. The number of carboxylic acids is 1. The smallest absolute Gasteiger partial charge is 0.340 e. The molecule has 1 aromatic carbocycles. The molecule has 0 bridgehead atoms. The number of nitrogens with one attached hydrogen (secondary N) is 1. The van der Waals surface area contributed by atoms with Crippen LogP contribution in [0.1, 0.15) is 27.6 Å². The van der Waals surface area contributed by atoms with Crippen molar-refractivity contribution in [3.05, 3.63) is 47.9 Å². The summed E-state index contributed by atoms with van der Waals surface area (Å²) in [5.41, 5.74) is 2.00. The Balaban J connectivity index is 2.21. The molecule has 7 heteroatoms. The van der Waals surface area contributed by atoms with Gasteiger partial charge in [0.05, 0.1) is 28.8 Å². The Bertz CT molecular complexity index is 901. The van der Waals surface area contributed by atoms with Crippen LogP contribution < -0.4 is 0 Å². The third-order valence-electron chi connectivity index (χ3n) is 3.35. The molecule has 0 spiro atoms. The third kappa shape index (κ3) is 2.64. The van der Waals surface area contributed by atoms with Crippen LogP contribution in [0.4, 0.5) is 0 Å². The van der Waals surface area contributed by atoms with Gasteiger partial charge in [-0.05, 0) is 19.1 Å². The zero-order valence-electron chi connectivity index (χ0n) is 12.2. The molecule has 0 unspecified atom stereocenters. The summed E-state index contributed by atoms with van der Waals surface area (Å²) < 4.78 is 5.04. The van der Waals surface area contributed by atoms with Crippen LogP contribution in [0.3, 0.4) is 0 Å². The van der Waals surface area contributed by atoms with E-state index in [0.29, 0.717) is 27.9 Å². The van der Waals surface area contributed by atoms with E-state index in [1.807, 2.05) is 0 Å². The highest BCUT2D eigenvalue weighted by molar-refractivity contribution is 6.08. The van der Waals surface area contributed by atoms with Gasteiger partial charge >= 0.3 is 11.9 Å². The van der Waals surface area contributed by atoms with E-state index in [2.05, 4.69) is 15.0 Å². The van der Waals surface area contributed by atoms with E-state index in [-0.39, 0.29) is 12.2 Å². The molecule has 2 N–H and O–H groups in total. The molecule has 3 rings (SSSR count). The topological polar surface area (TPSA) is 105 Å². The van der Waals surface area contributed by atoms with E-state index in [1.54, 1.807) is 19.1 Å². The number of aromatic nitrogens is 3.